The van der Waals surface area contributed by atoms with E-state index in [0.29, 0.717) is 5.70 Å². The Kier molecular flexibility index (Phi) is 4.73. The number of aliphatic carboxylic acids is 1. The van der Waals surface area contributed by atoms with Crippen LogP contribution in [0.2, 0.25) is 0 Å². The van der Waals surface area contributed by atoms with Gasteiger partial charge in [-0.05, 0) is 19.9 Å². The zero-order chi connectivity index (χ0) is 8.69. The molecule has 3 nitrogen and oxygen atoms in total. The number of allylic oxidation sites excluding steroid dienone is 2. The molecule has 0 aromatic carbocycles. The van der Waals surface area contributed by atoms with Gasteiger partial charge in [0.05, 0.1) is 5.70 Å². The molecule has 0 atom stereocenters. The van der Waals surface area contributed by atoms with Crippen molar-refractivity contribution in [1.29, 1.82) is 0 Å². The van der Waals surface area contributed by atoms with E-state index in [1.165, 1.54) is 6.08 Å². The van der Waals surface area contributed by atoms with Gasteiger partial charge in [0.1, 0.15) is 0 Å². The molecule has 0 aromatic rings. The van der Waals surface area contributed by atoms with Gasteiger partial charge in [-0.1, -0.05) is 6.08 Å². The summed E-state index contributed by atoms with van der Waals surface area (Å²) >= 11 is 0. The summed E-state index contributed by atoms with van der Waals surface area (Å²) in [5.74, 6) is -0.962. The Morgan fingerprint density at radius 2 is 2.00 bits per heavy atom. The summed E-state index contributed by atoms with van der Waals surface area (Å²) in [4.78, 5) is 14.0. The Morgan fingerprint density at radius 3 is 2.36 bits per heavy atom. The van der Waals surface area contributed by atoms with Gasteiger partial charge in [0.25, 0.3) is 0 Å². The van der Waals surface area contributed by atoms with Gasteiger partial charge in [-0.3, -0.25) is 4.99 Å². The molecule has 0 fully saturated rings. The number of hydrogen-bond donors (Lipinski definition) is 1. The average Bonchev–Trinajstić information content (AvgIpc) is 1.97. The number of hydrogen-bond acceptors (Lipinski definition) is 2. The van der Waals surface area contributed by atoms with E-state index in [9.17, 15) is 4.79 Å². The first-order valence-corrected chi connectivity index (χ1v) is 3.26. The molecule has 0 spiro atoms. The normalized spacial score (nSPS) is 13.1. The first-order chi connectivity index (χ1) is 5.20. The highest BCUT2D eigenvalue weighted by Crippen LogP contribution is 1.96. The van der Waals surface area contributed by atoms with Gasteiger partial charge in [0.2, 0.25) is 0 Å². The minimum Gasteiger partial charge on any atom is -0.478 e. The van der Waals surface area contributed by atoms with Crippen LogP contribution in [0, 0.1) is 0 Å². The van der Waals surface area contributed by atoms with Crippen LogP contribution in [0.3, 0.4) is 0 Å². The lowest BCUT2D eigenvalue weighted by molar-refractivity contribution is -0.131. The van der Waals surface area contributed by atoms with Crippen molar-refractivity contribution < 1.29 is 9.90 Å². The molecule has 3 heteroatoms. The molecule has 0 radical (unpaired) electrons. The van der Waals surface area contributed by atoms with Gasteiger partial charge in [0.15, 0.2) is 0 Å². The summed E-state index contributed by atoms with van der Waals surface area (Å²) in [6.45, 7) is 3.58. The number of carbonyl (C=O) groups is 1. The predicted octanol–water partition coefficient (Wildman–Crippen LogP) is 1.62. The topological polar surface area (TPSA) is 49.7 Å². The molecule has 0 heterocycles. The lowest BCUT2D eigenvalue weighted by Crippen LogP contribution is -1.86. The fourth-order valence-corrected chi connectivity index (χ4v) is 0.520. The molecule has 0 saturated carbocycles. The Bertz CT molecular complexity index is 214. The number of aliphatic imine (C=N–C) groups is 1. The van der Waals surface area contributed by atoms with Crippen LogP contribution in [0.15, 0.2) is 28.9 Å². The minimum atomic E-state index is -0.962. The summed E-state index contributed by atoms with van der Waals surface area (Å²) in [5, 5.41) is 8.26. The third-order valence-corrected chi connectivity index (χ3v) is 0.971. The second-order valence-corrected chi connectivity index (χ2v) is 1.77. The quantitative estimate of drug-likeness (QED) is 0.380. The van der Waals surface area contributed by atoms with E-state index in [0.717, 1.165) is 6.08 Å². The molecule has 1 N–H and O–H groups in total. The van der Waals surface area contributed by atoms with Crippen LogP contribution in [-0.4, -0.2) is 17.3 Å². The molecule has 0 bridgehead atoms. The fraction of sp³-hybridized carbons (Fsp3) is 0.250. The smallest absolute Gasteiger partial charge is 0.328 e. The van der Waals surface area contributed by atoms with E-state index >= 15 is 0 Å². The molecule has 60 valence electrons. The van der Waals surface area contributed by atoms with Crippen molar-refractivity contribution in [3.05, 3.63) is 23.9 Å². The van der Waals surface area contributed by atoms with Gasteiger partial charge >= 0.3 is 5.97 Å². The summed E-state index contributed by atoms with van der Waals surface area (Å²) in [5.41, 5.74) is 0.648. The van der Waals surface area contributed by atoms with Crippen LogP contribution < -0.4 is 0 Å². The first-order valence-electron chi connectivity index (χ1n) is 3.26. The SMILES string of the molecule is CC=NC(=C\C)/C=C/C(=O)O. The summed E-state index contributed by atoms with van der Waals surface area (Å²) < 4.78 is 0. The standard InChI is InChI=1S/C8H11NO2/c1-3-7(9-4-2)5-6-8(10)11/h3-6H,1-2H3,(H,10,11)/b6-5+,7-3-,9-4?. The van der Waals surface area contributed by atoms with Gasteiger partial charge in [0, 0.05) is 12.3 Å². The molecule has 11 heavy (non-hydrogen) atoms. The lowest BCUT2D eigenvalue weighted by atomic mass is 10.3. The van der Waals surface area contributed by atoms with Crippen LogP contribution >= 0.6 is 0 Å². The molecular formula is C8H11NO2. The number of carboxylic acids is 1. The monoisotopic (exact) mass is 153 g/mol. The molecule has 0 aliphatic heterocycles. The van der Waals surface area contributed by atoms with Gasteiger partial charge in [-0.2, -0.15) is 0 Å². The third-order valence-electron chi connectivity index (χ3n) is 0.971. The number of carboxylic acid groups (broad SMARTS) is 1. The Balaban J connectivity index is 4.21. The van der Waals surface area contributed by atoms with Gasteiger partial charge in [-0.15, -0.1) is 0 Å². The van der Waals surface area contributed by atoms with E-state index in [1.54, 1.807) is 26.1 Å². The average molecular weight is 153 g/mol. The van der Waals surface area contributed by atoms with E-state index in [-0.39, 0.29) is 0 Å². The van der Waals surface area contributed by atoms with Crippen molar-refractivity contribution in [2.75, 3.05) is 0 Å². The Morgan fingerprint density at radius 1 is 1.36 bits per heavy atom. The van der Waals surface area contributed by atoms with Crippen molar-refractivity contribution >= 4 is 12.2 Å². The van der Waals surface area contributed by atoms with Crippen LogP contribution in [0.25, 0.3) is 0 Å². The highest BCUT2D eigenvalue weighted by molar-refractivity contribution is 5.80. The molecular weight excluding hydrogens is 142 g/mol. The molecule has 0 saturated heterocycles. The van der Waals surface area contributed by atoms with Crippen molar-refractivity contribution in [2.24, 2.45) is 4.99 Å². The maximum Gasteiger partial charge on any atom is 0.328 e. The number of rotatable bonds is 3. The predicted molar refractivity (Wildman–Crippen MR) is 44.7 cm³/mol. The van der Waals surface area contributed by atoms with Crippen molar-refractivity contribution in [2.45, 2.75) is 13.8 Å². The van der Waals surface area contributed by atoms with Crippen LogP contribution in [0.1, 0.15) is 13.8 Å². The highest BCUT2D eigenvalue weighted by Gasteiger charge is 1.86. The van der Waals surface area contributed by atoms with Crippen molar-refractivity contribution in [1.82, 2.24) is 0 Å². The summed E-state index contributed by atoms with van der Waals surface area (Å²) in [6.07, 6.45) is 5.85. The van der Waals surface area contributed by atoms with Crippen LogP contribution in [0.5, 0.6) is 0 Å². The zero-order valence-corrected chi connectivity index (χ0v) is 6.61. The van der Waals surface area contributed by atoms with Gasteiger partial charge < -0.3 is 5.11 Å². The maximum absolute atomic E-state index is 10.1. The zero-order valence-electron chi connectivity index (χ0n) is 6.61. The van der Waals surface area contributed by atoms with Crippen molar-refractivity contribution in [3.8, 4) is 0 Å². The number of nitrogens with zero attached hydrogens (tertiary/aromatic N) is 1. The van der Waals surface area contributed by atoms with E-state index in [1.807, 2.05) is 0 Å². The van der Waals surface area contributed by atoms with E-state index in [2.05, 4.69) is 4.99 Å². The summed E-state index contributed by atoms with van der Waals surface area (Å²) in [6, 6.07) is 0. The van der Waals surface area contributed by atoms with E-state index < -0.39 is 5.97 Å². The molecule has 0 aliphatic carbocycles. The first kappa shape index (κ1) is 9.62. The van der Waals surface area contributed by atoms with Crippen LogP contribution in [-0.2, 0) is 4.79 Å². The lowest BCUT2D eigenvalue weighted by Gasteiger charge is -1.87. The molecule has 0 unspecified atom stereocenters. The largest absolute Gasteiger partial charge is 0.478 e. The van der Waals surface area contributed by atoms with Crippen molar-refractivity contribution in [3.63, 3.8) is 0 Å². The Hall–Kier alpha value is -1.38. The maximum atomic E-state index is 10.1. The summed E-state index contributed by atoms with van der Waals surface area (Å²) in [7, 11) is 0. The third kappa shape index (κ3) is 5.08. The molecule has 0 rings (SSSR count). The molecule has 0 amide bonds. The minimum absolute atomic E-state index is 0.648. The second kappa shape index (κ2) is 5.41. The molecule has 0 aromatic heterocycles. The van der Waals surface area contributed by atoms with Crippen LogP contribution in [0.4, 0.5) is 0 Å². The Labute approximate surface area is 65.8 Å². The van der Waals surface area contributed by atoms with Gasteiger partial charge in [-0.25, -0.2) is 4.79 Å². The second-order valence-electron chi connectivity index (χ2n) is 1.77. The fourth-order valence-electron chi connectivity index (χ4n) is 0.520. The molecule has 0 aliphatic rings. The highest BCUT2D eigenvalue weighted by atomic mass is 16.4. The van der Waals surface area contributed by atoms with E-state index in [4.69, 9.17) is 5.11 Å².